The molecule has 0 radical (unpaired) electrons. The minimum atomic E-state index is -3.26. The van der Waals surface area contributed by atoms with Crippen LogP contribution in [0.1, 0.15) is 19.3 Å². The SMILES string of the molecule is CS(=O)(=O)N1CCCCC(NC(=O)Nc2cnc3[nH]ccc3n2)C1. The quantitative estimate of drug-likeness (QED) is 0.758. The second-order valence-electron chi connectivity index (χ2n) is 5.88. The van der Waals surface area contributed by atoms with E-state index in [9.17, 15) is 13.2 Å². The number of nitrogens with one attached hydrogen (secondary N) is 3. The lowest BCUT2D eigenvalue weighted by molar-refractivity contribution is 0.245. The Bertz CT molecular complexity index is 834. The third-order valence-corrected chi connectivity index (χ3v) is 5.21. The summed E-state index contributed by atoms with van der Waals surface area (Å²) in [6.45, 7) is 0.781. The molecule has 1 atom stereocenters. The first-order valence-corrected chi connectivity index (χ1v) is 9.59. The summed E-state index contributed by atoms with van der Waals surface area (Å²) in [5, 5.41) is 5.46. The Morgan fingerprint density at radius 1 is 1.42 bits per heavy atom. The molecule has 0 spiro atoms. The maximum absolute atomic E-state index is 12.2. The number of carbonyl (C=O) groups excluding carboxylic acids is 1. The van der Waals surface area contributed by atoms with Gasteiger partial charge in [0, 0.05) is 25.3 Å². The van der Waals surface area contributed by atoms with Crippen LogP contribution in [0.25, 0.3) is 11.2 Å². The van der Waals surface area contributed by atoms with Crippen molar-refractivity contribution < 1.29 is 13.2 Å². The predicted octanol–water partition coefficient (Wildman–Crippen LogP) is 0.893. The number of H-pyrrole nitrogens is 1. The predicted molar refractivity (Wildman–Crippen MR) is 90.1 cm³/mol. The number of anilines is 1. The largest absolute Gasteiger partial charge is 0.345 e. The zero-order valence-electron chi connectivity index (χ0n) is 13.3. The van der Waals surface area contributed by atoms with E-state index in [1.54, 1.807) is 12.3 Å². The average molecular weight is 352 g/mol. The topological polar surface area (TPSA) is 120 Å². The number of urea groups is 1. The van der Waals surface area contributed by atoms with Crippen molar-refractivity contribution in [2.75, 3.05) is 24.7 Å². The van der Waals surface area contributed by atoms with E-state index in [-0.39, 0.29) is 12.6 Å². The van der Waals surface area contributed by atoms with E-state index < -0.39 is 16.1 Å². The van der Waals surface area contributed by atoms with E-state index in [0.29, 0.717) is 23.5 Å². The Hall–Kier alpha value is -2.20. The van der Waals surface area contributed by atoms with Crippen molar-refractivity contribution in [3.63, 3.8) is 0 Å². The van der Waals surface area contributed by atoms with Crippen molar-refractivity contribution >= 4 is 33.0 Å². The molecule has 3 N–H and O–H groups in total. The van der Waals surface area contributed by atoms with Crippen molar-refractivity contribution in [2.45, 2.75) is 25.3 Å². The molecule has 3 heterocycles. The summed E-state index contributed by atoms with van der Waals surface area (Å²) in [7, 11) is -3.26. The van der Waals surface area contributed by atoms with Crippen LogP contribution in [0, 0.1) is 0 Å². The highest BCUT2D eigenvalue weighted by Gasteiger charge is 2.25. The molecule has 1 unspecified atom stereocenters. The van der Waals surface area contributed by atoms with Gasteiger partial charge in [-0.05, 0) is 18.9 Å². The Morgan fingerprint density at radius 2 is 2.25 bits per heavy atom. The van der Waals surface area contributed by atoms with Crippen LogP contribution in [0.5, 0.6) is 0 Å². The lowest BCUT2D eigenvalue weighted by atomic mass is 10.1. The summed E-state index contributed by atoms with van der Waals surface area (Å²) < 4.78 is 24.9. The molecule has 0 saturated carbocycles. The molecular formula is C14H20N6O3S. The van der Waals surface area contributed by atoms with Crippen LogP contribution in [0.4, 0.5) is 10.6 Å². The van der Waals surface area contributed by atoms with E-state index in [0.717, 1.165) is 19.3 Å². The number of rotatable bonds is 3. The molecule has 1 aliphatic heterocycles. The van der Waals surface area contributed by atoms with E-state index in [1.165, 1.54) is 16.8 Å². The molecule has 130 valence electrons. The number of amides is 2. The summed E-state index contributed by atoms with van der Waals surface area (Å²) >= 11 is 0. The van der Waals surface area contributed by atoms with Gasteiger partial charge in [0.1, 0.15) is 5.52 Å². The molecule has 0 aromatic carbocycles. The number of hydrogen-bond donors (Lipinski definition) is 3. The van der Waals surface area contributed by atoms with Crippen LogP contribution in [-0.2, 0) is 10.0 Å². The van der Waals surface area contributed by atoms with Crippen LogP contribution >= 0.6 is 0 Å². The van der Waals surface area contributed by atoms with Crippen molar-refractivity contribution in [2.24, 2.45) is 0 Å². The molecule has 24 heavy (non-hydrogen) atoms. The Labute approximate surface area is 139 Å². The van der Waals surface area contributed by atoms with Gasteiger partial charge in [0.15, 0.2) is 11.5 Å². The Morgan fingerprint density at radius 3 is 3.04 bits per heavy atom. The summed E-state index contributed by atoms with van der Waals surface area (Å²) in [5.74, 6) is 0.341. The van der Waals surface area contributed by atoms with Crippen molar-refractivity contribution in [1.82, 2.24) is 24.6 Å². The number of carbonyl (C=O) groups is 1. The van der Waals surface area contributed by atoms with Gasteiger partial charge in [0.25, 0.3) is 0 Å². The average Bonchev–Trinajstić information content (AvgIpc) is 2.83. The smallest absolute Gasteiger partial charge is 0.320 e. The van der Waals surface area contributed by atoms with Gasteiger partial charge in [-0.25, -0.2) is 27.5 Å². The molecule has 9 nitrogen and oxygen atoms in total. The lowest BCUT2D eigenvalue weighted by Gasteiger charge is -2.23. The summed E-state index contributed by atoms with van der Waals surface area (Å²) in [6.07, 6.45) is 6.78. The lowest BCUT2D eigenvalue weighted by Crippen LogP contribution is -2.45. The third kappa shape index (κ3) is 4.01. The number of aromatic amines is 1. The molecule has 1 aliphatic rings. The van der Waals surface area contributed by atoms with Gasteiger partial charge in [0.2, 0.25) is 10.0 Å². The van der Waals surface area contributed by atoms with E-state index >= 15 is 0 Å². The third-order valence-electron chi connectivity index (χ3n) is 3.94. The van der Waals surface area contributed by atoms with Gasteiger partial charge in [-0.3, -0.25) is 5.32 Å². The van der Waals surface area contributed by atoms with Gasteiger partial charge in [-0.15, -0.1) is 0 Å². The molecule has 1 saturated heterocycles. The van der Waals surface area contributed by atoms with Crippen LogP contribution < -0.4 is 10.6 Å². The second kappa shape index (κ2) is 6.73. The number of nitrogens with zero attached hydrogens (tertiary/aromatic N) is 3. The van der Waals surface area contributed by atoms with Gasteiger partial charge < -0.3 is 10.3 Å². The van der Waals surface area contributed by atoms with Gasteiger partial charge >= 0.3 is 6.03 Å². The maximum Gasteiger partial charge on any atom is 0.320 e. The minimum Gasteiger partial charge on any atom is -0.345 e. The number of aromatic nitrogens is 3. The van der Waals surface area contributed by atoms with Crippen LogP contribution in [-0.4, -0.2) is 59.1 Å². The normalized spacial score (nSPS) is 19.8. The summed E-state index contributed by atoms with van der Waals surface area (Å²) in [5.41, 5.74) is 1.30. The number of hydrogen-bond acceptors (Lipinski definition) is 5. The van der Waals surface area contributed by atoms with Crippen LogP contribution in [0.15, 0.2) is 18.5 Å². The molecule has 0 bridgehead atoms. The van der Waals surface area contributed by atoms with Crippen LogP contribution in [0.2, 0.25) is 0 Å². The van der Waals surface area contributed by atoms with Crippen LogP contribution in [0.3, 0.4) is 0 Å². The van der Waals surface area contributed by atoms with Crippen molar-refractivity contribution in [3.05, 3.63) is 18.5 Å². The summed E-state index contributed by atoms with van der Waals surface area (Å²) in [4.78, 5) is 23.5. The fraction of sp³-hybridized carbons (Fsp3) is 0.500. The minimum absolute atomic E-state index is 0.230. The monoisotopic (exact) mass is 352 g/mol. The molecule has 10 heteroatoms. The zero-order chi connectivity index (χ0) is 17.2. The maximum atomic E-state index is 12.2. The zero-order valence-corrected chi connectivity index (χ0v) is 14.1. The molecule has 0 aliphatic carbocycles. The van der Waals surface area contributed by atoms with Crippen molar-refractivity contribution in [1.29, 1.82) is 0 Å². The highest BCUT2D eigenvalue weighted by Crippen LogP contribution is 2.14. The molecule has 3 rings (SSSR count). The van der Waals surface area contributed by atoms with Gasteiger partial charge in [0.05, 0.1) is 12.5 Å². The molecule has 2 aromatic heterocycles. The highest BCUT2D eigenvalue weighted by molar-refractivity contribution is 7.88. The van der Waals surface area contributed by atoms with E-state index in [1.807, 2.05) is 0 Å². The van der Waals surface area contributed by atoms with E-state index in [4.69, 9.17) is 0 Å². The van der Waals surface area contributed by atoms with E-state index in [2.05, 4.69) is 25.6 Å². The highest BCUT2D eigenvalue weighted by atomic mass is 32.2. The molecular weight excluding hydrogens is 332 g/mol. The Balaban J connectivity index is 1.62. The number of sulfonamides is 1. The van der Waals surface area contributed by atoms with Gasteiger partial charge in [-0.2, -0.15) is 0 Å². The second-order valence-corrected chi connectivity index (χ2v) is 7.86. The first kappa shape index (κ1) is 16.7. The summed E-state index contributed by atoms with van der Waals surface area (Å²) in [6, 6.07) is 1.12. The molecule has 1 fully saturated rings. The first-order chi connectivity index (χ1) is 11.4. The first-order valence-electron chi connectivity index (χ1n) is 7.74. The fourth-order valence-electron chi connectivity index (χ4n) is 2.75. The Kier molecular flexibility index (Phi) is 4.67. The van der Waals surface area contributed by atoms with Crippen molar-refractivity contribution in [3.8, 4) is 0 Å². The molecule has 2 amide bonds. The molecule has 2 aromatic rings. The fourth-order valence-corrected chi connectivity index (χ4v) is 3.67. The van der Waals surface area contributed by atoms with Gasteiger partial charge in [-0.1, -0.05) is 6.42 Å². The number of fused-ring (bicyclic) bond motifs is 1. The standard InChI is InChI=1S/C14H20N6O3S/c1-24(22,23)20-7-3-2-4-10(9-20)17-14(21)19-12-8-16-13-11(18-12)5-6-15-13/h5-6,8,10H,2-4,7,9H2,1H3,(H,15,16)(H2,17,18,19,21).